The second kappa shape index (κ2) is 5.51. The molecule has 0 aliphatic heterocycles. The van der Waals surface area contributed by atoms with Gasteiger partial charge >= 0.3 is 0 Å². The molecule has 0 radical (unpaired) electrons. The molecular formula is C13H16N4O2. The number of anilines is 1. The molecule has 6 nitrogen and oxygen atoms in total. The number of nitro benzene ring substituents is 1. The van der Waals surface area contributed by atoms with E-state index in [0.29, 0.717) is 12.2 Å². The fourth-order valence-corrected chi connectivity index (χ4v) is 1.92. The van der Waals surface area contributed by atoms with Crippen molar-refractivity contribution in [3.05, 3.63) is 51.8 Å². The molecule has 0 saturated heterocycles. The summed E-state index contributed by atoms with van der Waals surface area (Å²) in [5.74, 6) is 0. The Balaban J connectivity index is 2.05. The van der Waals surface area contributed by atoms with E-state index in [-0.39, 0.29) is 10.6 Å². The third-order valence-electron chi connectivity index (χ3n) is 2.97. The number of rotatable bonds is 5. The molecule has 0 bridgehead atoms. The summed E-state index contributed by atoms with van der Waals surface area (Å²) in [7, 11) is 1.88. The zero-order chi connectivity index (χ0) is 13.8. The van der Waals surface area contributed by atoms with Crippen molar-refractivity contribution < 1.29 is 4.92 Å². The van der Waals surface area contributed by atoms with E-state index in [1.807, 2.05) is 20.0 Å². The van der Waals surface area contributed by atoms with Crippen LogP contribution < -0.4 is 5.32 Å². The third-order valence-corrected chi connectivity index (χ3v) is 2.97. The monoisotopic (exact) mass is 260 g/mol. The summed E-state index contributed by atoms with van der Waals surface area (Å²) in [6, 6.07) is 7.00. The lowest BCUT2D eigenvalue weighted by Gasteiger charge is -2.08. The molecule has 0 saturated carbocycles. The molecular weight excluding hydrogens is 244 g/mol. The fourth-order valence-electron chi connectivity index (χ4n) is 1.92. The SMILES string of the molecule is Cc1ccc([N+](=O)[O-])c(NCCc2ccnn2C)c1. The maximum atomic E-state index is 10.9. The number of hydrogen-bond donors (Lipinski definition) is 1. The van der Waals surface area contributed by atoms with Crippen molar-refractivity contribution in [2.75, 3.05) is 11.9 Å². The Morgan fingerprint density at radius 2 is 2.21 bits per heavy atom. The molecule has 6 heteroatoms. The zero-order valence-electron chi connectivity index (χ0n) is 11.0. The average Bonchev–Trinajstić information content (AvgIpc) is 2.75. The van der Waals surface area contributed by atoms with E-state index < -0.39 is 0 Å². The third kappa shape index (κ3) is 3.09. The molecule has 1 heterocycles. The summed E-state index contributed by atoms with van der Waals surface area (Å²) in [4.78, 5) is 10.6. The van der Waals surface area contributed by atoms with E-state index in [0.717, 1.165) is 17.7 Å². The van der Waals surface area contributed by atoms with Crippen molar-refractivity contribution in [3.63, 3.8) is 0 Å². The molecule has 100 valence electrons. The van der Waals surface area contributed by atoms with Crippen LogP contribution in [0, 0.1) is 17.0 Å². The molecule has 0 unspecified atom stereocenters. The first-order valence-corrected chi connectivity index (χ1v) is 6.03. The van der Waals surface area contributed by atoms with Gasteiger partial charge < -0.3 is 5.32 Å². The van der Waals surface area contributed by atoms with Crippen molar-refractivity contribution in [3.8, 4) is 0 Å². The topological polar surface area (TPSA) is 73.0 Å². The van der Waals surface area contributed by atoms with E-state index in [2.05, 4.69) is 10.4 Å². The standard InChI is InChI=1S/C13H16N4O2/c1-10-3-4-13(17(18)19)12(9-10)14-7-5-11-6-8-15-16(11)2/h3-4,6,8-9,14H,5,7H2,1-2H3. The van der Waals surface area contributed by atoms with Crippen LogP contribution in [0.4, 0.5) is 11.4 Å². The number of nitrogens with zero attached hydrogens (tertiary/aromatic N) is 3. The van der Waals surface area contributed by atoms with Gasteiger partial charge in [-0.15, -0.1) is 0 Å². The van der Waals surface area contributed by atoms with Crippen LogP contribution in [-0.4, -0.2) is 21.2 Å². The zero-order valence-corrected chi connectivity index (χ0v) is 11.0. The Kier molecular flexibility index (Phi) is 3.79. The van der Waals surface area contributed by atoms with Gasteiger partial charge in [-0.1, -0.05) is 6.07 Å². The minimum atomic E-state index is -0.369. The summed E-state index contributed by atoms with van der Waals surface area (Å²) >= 11 is 0. The molecule has 0 amide bonds. The second-order valence-electron chi connectivity index (χ2n) is 4.40. The number of nitrogens with one attached hydrogen (secondary N) is 1. The smallest absolute Gasteiger partial charge is 0.292 e. The molecule has 1 N–H and O–H groups in total. The molecule has 0 atom stereocenters. The lowest BCUT2D eigenvalue weighted by Crippen LogP contribution is -2.09. The summed E-state index contributed by atoms with van der Waals surface area (Å²) in [5, 5.41) is 18.1. The second-order valence-corrected chi connectivity index (χ2v) is 4.40. The molecule has 2 rings (SSSR count). The van der Waals surface area contributed by atoms with Crippen molar-refractivity contribution in [2.24, 2.45) is 7.05 Å². The first-order valence-electron chi connectivity index (χ1n) is 6.03. The first kappa shape index (κ1) is 13.1. The van der Waals surface area contributed by atoms with Crippen LogP contribution in [0.5, 0.6) is 0 Å². The van der Waals surface area contributed by atoms with Crippen LogP contribution in [0.1, 0.15) is 11.3 Å². The highest BCUT2D eigenvalue weighted by molar-refractivity contribution is 5.62. The Morgan fingerprint density at radius 1 is 1.42 bits per heavy atom. The van der Waals surface area contributed by atoms with Crippen LogP contribution >= 0.6 is 0 Å². The van der Waals surface area contributed by atoms with Crippen LogP contribution in [0.15, 0.2) is 30.5 Å². The summed E-state index contributed by atoms with van der Waals surface area (Å²) in [6.07, 6.45) is 2.51. The molecule has 0 spiro atoms. The minimum absolute atomic E-state index is 0.107. The summed E-state index contributed by atoms with van der Waals surface area (Å²) in [6.45, 7) is 2.54. The molecule has 19 heavy (non-hydrogen) atoms. The van der Waals surface area contributed by atoms with Gasteiger partial charge in [0.25, 0.3) is 5.69 Å². The molecule has 1 aromatic carbocycles. The number of hydrogen-bond acceptors (Lipinski definition) is 4. The highest BCUT2D eigenvalue weighted by atomic mass is 16.6. The van der Waals surface area contributed by atoms with Gasteiger partial charge in [0, 0.05) is 38.0 Å². The summed E-state index contributed by atoms with van der Waals surface area (Å²) < 4.78 is 1.80. The van der Waals surface area contributed by atoms with Gasteiger partial charge in [-0.05, 0) is 24.6 Å². The maximum absolute atomic E-state index is 10.9. The van der Waals surface area contributed by atoms with Gasteiger partial charge in [0.2, 0.25) is 0 Å². The van der Waals surface area contributed by atoms with E-state index >= 15 is 0 Å². The first-order chi connectivity index (χ1) is 9.08. The van der Waals surface area contributed by atoms with E-state index in [4.69, 9.17) is 0 Å². The molecule has 1 aromatic heterocycles. The Morgan fingerprint density at radius 3 is 2.84 bits per heavy atom. The predicted octanol–water partition coefficient (Wildman–Crippen LogP) is 2.29. The lowest BCUT2D eigenvalue weighted by atomic mass is 10.2. The van der Waals surface area contributed by atoms with E-state index in [1.54, 1.807) is 23.0 Å². The molecule has 0 fully saturated rings. The average molecular weight is 260 g/mol. The quantitative estimate of drug-likeness (QED) is 0.661. The summed E-state index contributed by atoms with van der Waals surface area (Å²) in [5.41, 5.74) is 2.75. The van der Waals surface area contributed by atoms with Crippen molar-refractivity contribution in [1.82, 2.24) is 9.78 Å². The van der Waals surface area contributed by atoms with Crippen molar-refractivity contribution in [1.29, 1.82) is 0 Å². The normalized spacial score (nSPS) is 10.4. The fraction of sp³-hybridized carbons (Fsp3) is 0.308. The van der Waals surface area contributed by atoms with Gasteiger partial charge in [0.05, 0.1) is 4.92 Å². The predicted molar refractivity (Wildman–Crippen MR) is 73.2 cm³/mol. The van der Waals surface area contributed by atoms with Gasteiger partial charge in [-0.25, -0.2) is 0 Å². The van der Waals surface area contributed by atoms with Crippen LogP contribution in [0.3, 0.4) is 0 Å². The Bertz CT molecular complexity index is 592. The highest BCUT2D eigenvalue weighted by Gasteiger charge is 2.12. The largest absolute Gasteiger partial charge is 0.379 e. The van der Waals surface area contributed by atoms with Gasteiger partial charge in [0.1, 0.15) is 5.69 Å². The van der Waals surface area contributed by atoms with E-state index in [1.165, 1.54) is 6.07 Å². The van der Waals surface area contributed by atoms with Gasteiger partial charge in [0.15, 0.2) is 0 Å². The van der Waals surface area contributed by atoms with Gasteiger partial charge in [-0.2, -0.15) is 5.10 Å². The van der Waals surface area contributed by atoms with Crippen LogP contribution in [0.25, 0.3) is 0 Å². The maximum Gasteiger partial charge on any atom is 0.292 e. The molecule has 2 aromatic rings. The van der Waals surface area contributed by atoms with E-state index in [9.17, 15) is 10.1 Å². The minimum Gasteiger partial charge on any atom is -0.379 e. The Labute approximate surface area is 111 Å². The Hall–Kier alpha value is -2.37. The van der Waals surface area contributed by atoms with Gasteiger partial charge in [-0.3, -0.25) is 14.8 Å². The number of benzene rings is 1. The number of aromatic nitrogens is 2. The lowest BCUT2D eigenvalue weighted by molar-refractivity contribution is -0.384. The molecule has 0 aliphatic rings. The molecule has 0 aliphatic carbocycles. The highest BCUT2D eigenvalue weighted by Crippen LogP contribution is 2.25. The van der Waals surface area contributed by atoms with Crippen LogP contribution in [0.2, 0.25) is 0 Å². The van der Waals surface area contributed by atoms with Crippen LogP contribution in [-0.2, 0) is 13.5 Å². The number of nitro groups is 1. The van der Waals surface area contributed by atoms with Crippen molar-refractivity contribution >= 4 is 11.4 Å². The van der Waals surface area contributed by atoms with Crippen molar-refractivity contribution in [2.45, 2.75) is 13.3 Å². The number of aryl methyl sites for hydroxylation is 2.